The van der Waals surface area contributed by atoms with E-state index in [0.717, 1.165) is 20.5 Å². The molecule has 0 radical (unpaired) electrons. The summed E-state index contributed by atoms with van der Waals surface area (Å²) in [6, 6.07) is 27.1. The normalized spacial score (nSPS) is 14.4. The van der Waals surface area contributed by atoms with Crippen molar-refractivity contribution < 1.29 is 27.8 Å². The van der Waals surface area contributed by atoms with Gasteiger partial charge in [0, 0.05) is 11.5 Å². The van der Waals surface area contributed by atoms with Crippen LogP contribution in [-0.4, -0.2) is 55.3 Å². The second-order valence-electron chi connectivity index (χ2n) is 15.7. The van der Waals surface area contributed by atoms with Crippen LogP contribution in [0.1, 0.15) is 51.8 Å². The van der Waals surface area contributed by atoms with Gasteiger partial charge < -0.3 is 23.1 Å². The molecule has 1 fully saturated rings. The standard InChI is InChI=1S/C43H47N3O8SSi/c1-28-35-38(47)46(43(5,6)40(48)54-56(42(2,3)4,30-16-10-8-11-17-30)31-18-12-9-13-19-31)41(49)45(39(35)55-36(28)37-44-22-23-52-37)24-34(53-27-29-25-51-26-29)32-20-14-15-21-33(32)50-7/h8-23,29,34H,24-27H2,1-7H3. The number of methoxy groups -OCH3 is 1. The number of para-hydroxylation sites is 1. The Morgan fingerprint density at radius 1 is 0.946 bits per heavy atom. The van der Waals surface area contributed by atoms with E-state index in [-0.39, 0.29) is 17.8 Å². The van der Waals surface area contributed by atoms with Gasteiger partial charge in [0.2, 0.25) is 5.89 Å². The molecule has 1 aliphatic rings. The van der Waals surface area contributed by atoms with Crippen molar-refractivity contribution in [2.75, 3.05) is 26.9 Å². The van der Waals surface area contributed by atoms with Crippen LogP contribution in [0.3, 0.4) is 0 Å². The molecule has 0 spiro atoms. The second-order valence-corrected chi connectivity index (χ2v) is 20.9. The molecule has 1 unspecified atom stereocenters. The Hall–Kier alpha value is -5.08. The number of fused-ring (bicyclic) bond motifs is 1. The van der Waals surface area contributed by atoms with Gasteiger partial charge in [0.05, 0.1) is 49.9 Å². The number of carbonyl (C=O) groups is 1. The van der Waals surface area contributed by atoms with Crippen molar-refractivity contribution in [1.29, 1.82) is 0 Å². The average molecular weight is 794 g/mol. The molecule has 1 atom stereocenters. The first-order valence-corrected chi connectivity index (χ1v) is 21.4. The molecule has 0 N–H and O–H groups in total. The Kier molecular flexibility index (Phi) is 10.8. The van der Waals surface area contributed by atoms with Crippen LogP contribution in [0.2, 0.25) is 5.04 Å². The zero-order valence-electron chi connectivity index (χ0n) is 32.7. The minimum absolute atomic E-state index is 0.00831. The Balaban J connectivity index is 1.43. The summed E-state index contributed by atoms with van der Waals surface area (Å²) >= 11 is 1.24. The van der Waals surface area contributed by atoms with Gasteiger partial charge in [0.25, 0.3) is 5.56 Å². The molecular weight excluding hydrogens is 747 g/mol. The number of thiophene rings is 1. The first-order valence-electron chi connectivity index (χ1n) is 18.7. The van der Waals surface area contributed by atoms with Crippen LogP contribution >= 0.6 is 11.3 Å². The summed E-state index contributed by atoms with van der Waals surface area (Å²) in [5.74, 6) is 0.424. The maximum atomic E-state index is 15.2. The fourth-order valence-corrected chi connectivity index (χ4v) is 13.2. The topological polar surface area (TPSA) is 124 Å². The Bertz CT molecular complexity index is 2410. The number of nitrogens with zero attached hydrogens (tertiary/aromatic N) is 3. The van der Waals surface area contributed by atoms with Crippen molar-refractivity contribution in [3.05, 3.63) is 129 Å². The summed E-state index contributed by atoms with van der Waals surface area (Å²) in [4.78, 5) is 50.6. The zero-order chi connectivity index (χ0) is 39.8. The molecule has 0 saturated carbocycles. The highest BCUT2D eigenvalue weighted by Crippen LogP contribution is 2.40. The summed E-state index contributed by atoms with van der Waals surface area (Å²) in [5.41, 5.74) is -1.74. The summed E-state index contributed by atoms with van der Waals surface area (Å²) < 4.78 is 32.9. The molecular formula is C43H47N3O8SSi. The van der Waals surface area contributed by atoms with E-state index in [0.29, 0.717) is 46.7 Å². The van der Waals surface area contributed by atoms with Crippen LogP contribution in [0.25, 0.3) is 21.0 Å². The quantitative estimate of drug-likeness (QED) is 0.122. The predicted molar refractivity (Wildman–Crippen MR) is 220 cm³/mol. The number of hydrogen-bond donors (Lipinski definition) is 0. The van der Waals surface area contributed by atoms with Crippen LogP contribution in [0.5, 0.6) is 5.75 Å². The minimum atomic E-state index is -3.44. The van der Waals surface area contributed by atoms with E-state index < -0.39 is 42.2 Å². The Labute approximate surface area is 330 Å². The second kappa shape index (κ2) is 15.5. The average Bonchev–Trinajstić information content (AvgIpc) is 3.82. The van der Waals surface area contributed by atoms with Gasteiger partial charge in [-0.15, -0.1) is 11.3 Å². The molecule has 0 aliphatic carbocycles. The first-order chi connectivity index (χ1) is 26.8. The number of rotatable bonds is 13. The smallest absolute Gasteiger partial charge is 0.333 e. The van der Waals surface area contributed by atoms with E-state index in [1.807, 2.05) is 84.9 Å². The van der Waals surface area contributed by atoms with Crippen LogP contribution < -0.4 is 26.4 Å². The van der Waals surface area contributed by atoms with Gasteiger partial charge in [-0.05, 0) is 47.8 Å². The molecule has 3 aromatic carbocycles. The molecule has 1 aliphatic heterocycles. The van der Waals surface area contributed by atoms with Crippen molar-refractivity contribution in [3.63, 3.8) is 0 Å². The minimum Gasteiger partial charge on any atom is -0.508 e. The van der Waals surface area contributed by atoms with Gasteiger partial charge in [-0.2, -0.15) is 0 Å². The van der Waals surface area contributed by atoms with E-state index in [1.165, 1.54) is 28.4 Å². The molecule has 292 valence electrons. The van der Waals surface area contributed by atoms with Crippen LogP contribution in [0.4, 0.5) is 0 Å². The first kappa shape index (κ1) is 39.2. The van der Waals surface area contributed by atoms with Crippen molar-refractivity contribution in [3.8, 4) is 16.5 Å². The molecule has 7 rings (SSSR count). The fraction of sp³-hybridized carbons (Fsp3) is 0.349. The number of aromatic nitrogens is 3. The maximum absolute atomic E-state index is 15.2. The third-order valence-electron chi connectivity index (χ3n) is 10.6. The molecule has 3 aromatic heterocycles. The van der Waals surface area contributed by atoms with E-state index in [2.05, 4.69) is 25.8 Å². The van der Waals surface area contributed by atoms with E-state index >= 15 is 9.59 Å². The van der Waals surface area contributed by atoms with Gasteiger partial charge in [0.1, 0.15) is 28.5 Å². The van der Waals surface area contributed by atoms with Crippen molar-refractivity contribution in [2.45, 2.75) is 64.8 Å². The van der Waals surface area contributed by atoms with Gasteiger partial charge in [-0.1, -0.05) is 99.6 Å². The molecule has 13 heteroatoms. The summed E-state index contributed by atoms with van der Waals surface area (Å²) in [7, 11) is -1.85. The SMILES string of the molecule is COc1ccccc1C(Cn1c(=O)n(C(C)(C)C(=O)O[Si](c2ccccc2)(c2ccccc2)C(C)(C)C)c(=O)c2c(C)c(-c3ncco3)sc21)OCC1COC1. The van der Waals surface area contributed by atoms with E-state index in [4.69, 9.17) is 23.1 Å². The van der Waals surface area contributed by atoms with Crippen molar-refractivity contribution >= 4 is 46.2 Å². The fourth-order valence-electron chi connectivity index (χ4n) is 7.52. The van der Waals surface area contributed by atoms with Crippen LogP contribution in [-0.2, 0) is 30.8 Å². The number of benzene rings is 3. The third-order valence-corrected chi connectivity index (χ3v) is 16.8. The van der Waals surface area contributed by atoms with Gasteiger partial charge >= 0.3 is 20.0 Å². The number of hydrogen-bond acceptors (Lipinski definition) is 10. The van der Waals surface area contributed by atoms with E-state index in [9.17, 15) is 4.79 Å². The summed E-state index contributed by atoms with van der Waals surface area (Å²) in [6.45, 7) is 12.7. The number of ether oxygens (including phenoxy) is 3. The molecule has 56 heavy (non-hydrogen) atoms. The predicted octanol–water partition coefficient (Wildman–Crippen LogP) is 6.44. The largest absolute Gasteiger partial charge is 0.508 e. The molecule has 4 heterocycles. The summed E-state index contributed by atoms with van der Waals surface area (Å²) in [5, 5.41) is 1.51. The van der Waals surface area contributed by atoms with E-state index in [1.54, 1.807) is 27.9 Å². The summed E-state index contributed by atoms with van der Waals surface area (Å²) in [6.07, 6.45) is 2.33. The van der Waals surface area contributed by atoms with Gasteiger partial charge in [-0.3, -0.25) is 14.2 Å². The molecule has 1 saturated heterocycles. The molecule has 11 nitrogen and oxygen atoms in total. The number of aryl methyl sites for hydroxylation is 1. The maximum Gasteiger partial charge on any atom is 0.333 e. The molecule has 0 amide bonds. The number of carbonyl (C=O) groups excluding carboxylic acids is 1. The molecule has 0 bridgehead atoms. The van der Waals surface area contributed by atoms with Gasteiger partial charge in [-0.25, -0.2) is 14.3 Å². The monoisotopic (exact) mass is 793 g/mol. The third kappa shape index (κ3) is 6.86. The van der Waals surface area contributed by atoms with Crippen LogP contribution in [0.15, 0.2) is 111 Å². The van der Waals surface area contributed by atoms with Crippen LogP contribution in [0, 0.1) is 12.8 Å². The Morgan fingerprint density at radius 3 is 2.12 bits per heavy atom. The lowest BCUT2D eigenvalue weighted by Gasteiger charge is -2.43. The Morgan fingerprint density at radius 2 is 1.57 bits per heavy atom. The lowest BCUT2D eigenvalue weighted by Crippen LogP contribution is -2.69. The lowest BCUT2D eigenvalue weighted by molar-refractivity contribution is -0.144. The van der Waals surface area contributed by atoms with Crippen molar-refractivity contribution in [2.24, 2.45) is 5.92 Å². The highest BCUT2D eigenvalue weighted by molar-refractivity contribution is 7.22. The highest BCUT2D eigenvalue weighted by atomic mass is 32.1. The lowest BCUT2D eigenvalue weighted by atomic mass is 10.0. The molecule has 6 aromatic rings. The zero-order valence-corrected chi connectivity index (χ0v) is 34.6. The highest BCUT2D eigenvalue weighted by Gasteiger charge is 2.55. The van der Waals surface area contributed by atoms with Gasteiger partial charge in [0.15, 0.2) is 0 Å². The van der Waals surface area contributed by atoms with Crippen molar-refractivity contribution in [1.82, 2.24) is 14.1 Å². The number of oxazole rings is 1.